The van der Waals surface area contributed by atoms with Crippen molar-refractivity contribution in [3.05, 3.63) is 35.0 Å². The highest BCUT2D eigenvalue weighted by Gasteiger charge is 2.26. The summed E-state index contributed by atoms with van der Waals surface area (Å²) in [5, 5.41) is 13.6. The number of rotatable bonds is 8. The molecular weight excluding hydrogens is 416 g/mol. The lowest BCUT2D eigenvalue weighted by atomic mass is 9.93. The number of aryl methyl sites for hydroxylation is 1. The first-order valence-electron chi connectivity index (χ1n) is 10.8. The van der Waals surface area contributed by atoms with Crippen LogP contribution >= 0.6 is 0 Å². The fraction of sp³-hybridized carbons (Fsp3) is 0.545. The van der Waals surface area contributed by atoms with Crippen molar-refractivity contribution >= 4 is 27.4 Å². The Bertz CT molecular complexity index is 1050. The molecule has 170 valence electrons. The summed E-state index contributed by atoms with van der Waals surface area (Å²) in [7, 11) is -3.13. The van der Waals surface area contributed by atoms with Crippen molar-refractivity contribution in [3.63, 3.8) is 0 Å². The van der Waals surface area contributed by atoms with Gasteiger partial charge in [-0.3, -0.25) is 5.10 Å². The standard InChI is InChI=1S/C22H32N4O4S/c1-6-16(11-14(4)30-22(27)23-13(2)3)20-15(5)21(26-25-20)24-18-7-8-19-17(12-18)9-10-31(19,28)29/h7-8,12-14,16H,6,9-11H2,1-5H3,(H,23,27)(H2,24,25,26)/t14-,16+/m0/s1. The Labute approximate surface area is 184 Å². The van der Waals surface area contributed by atoms with E-state index >= 15 is 0 Å². The summed E-state index contributed by atoms with van der Waals surface area (Å²) in [5.41, 5.74) is 3.66. The van der Waals surface area contributed by atoms with Gasteiger partial charge in [0, 0.05) is 28.9 Å². The summed E-state index contributed by atoms with van der Waals surface area (Å²) in [4.78, 5) is 12.3. The van der Waals surface area contributed by atoms with Gasteiger partial charge in [0.25, 0.3) is 0 Å². The van der Waals surface area contributed by atoms with Crippen LogP contribution in [0.3, 0.4) is 0 Å². The van der Waals surface area contributed by atoms with Gasteiger partial charge in [0.15, 0.2) is 15.7 Å². The van der Waals surface area contributed by atoms with Gasteiger partial charge >= 0.3 is 6.09 Å². The average molecular weight is 449 g/mol. The molecule has 31 heavy (non-hydrogen) atoms. The molecule has 0 saturated heterocycles. The number of aromatic nitrogens is 2. The Morgan fingerprint density at radius 1 is 1.29 bits per heavy atom. The minimum absolute atomic E-state index is 0.0319. The number of alkyl carbamates (subject to hydrolysis) is 1. The van der Waals surface area contributed by atoms with E-state index in [0.717, 1.165) is 28.9 Å². The Balaban J connectivity index is 1.69. The van der Waals surface area contributed by atoms with Crippen molar-refractivity contribution < 1.29 is 17.9 Å². The predicted octanol–water partition coefficient (Wildman–Crippen LogP) is 4.20. The quantitative estimate of drug-likeness (QED) is 0.558. The molecule has 1 aliphatic rings. The van der Waals surface area contributed by atoms with Gasteiger partial charge in [0.2, 0.25) is 0 Å². The van der Waals surface area contributed by atoms with E-state index in [4.69, 9.17) is 4.74 Å². The number of hydrogen-bond acceptors (Lipinski definition) is 6. The number of ether oxygens (including phenoxy) is 1. The van der Waals surface area contributed by atoms with Crippen molar-refractivity contribution in [2.75, 3.05) is 11.1 Å². The second kappa shape index (κ2) is 9.30. The molecule has 1 aromatic heterocycles. The van der Waals surface area contributed by atoms with Crippen LogP contribution < -0.4 is 10.6 Å². The van der Waals surface area contributed by atoms with Gasteiger partial charge in [0.1, 0.15) is 6.10 Å². The highest BCUT2D eigenvalue weighted by Crippen LogP contribution is 2.33. The zero-order chi connectivity index (χ0) is 22.8. The molecule has 3 N–H and O–H groups in total. The van der Waals surface area contributed by atoms with E-state index < -0.39 is 15.9 Å². The number of amides is 1. The van der Waals surface area contributed by atoms with Crippen LogP contribution in [-0.2, 0) is 21.0 Å². The molecule has 0 radical (unpaired) electrons. The Hall–Kier alpha value is -2.55. The highest BCUT2D eigenvalue weighted by atomic mass is 32.2. The van der Waals surface area contributed by atoms with Gasteiger partial charge in [0.05, 0.1) is 10.6 Å². The van der Waals surface area contributed by atoms with Crippen LogP contribution in [0.4, 0.5) is 16.3 Å². The largest absolute Gasteiger partial charge is 0.447 e. The minimum atomic E-state index is -3.13. The Morgan fingerprint density at radius 2 is 2.03 bits per heavy atom. The van der Waals surface area contributed by atoms with Crippen LogP contribution in [0, 0.1) is 6.92 Å². The van der Waals surface area contributed by atoms with E-state index in [2.05, 4.69) is 27.8 Å². The van der Waals surface area contributed by atoms with Crippen molar-refractivity contribution in [1.82, 2.24) is 15.5 Å². The van der Waals surface area contributed by atoms with Crippen LogP contribution in [0.15, 0.2) is 23.1 Å². The van der Waals surface area contributed by atoms with E-state index in [1.807, 2.05) is 33.8 Å². The van der Waals surface area contributed by atoms with Crippen LogP contribution in [0.25, 0.3) is 0 Å². The number of nitrogens with one attached hydrogen (secondary N) is 3. The monoisotopic (exact) mass is 448 g/mol. The lowest BCUT2D eigenvalue weighted by Gasteiger charge is -2.20. The van der Waals surface area contributed by atoms with Crippen molar-refractivity contribution in [1.29, 1.82) is 0 Å². The third-order valence-electron chi connectivity index (χ3n) is 5.58. The normalized spacial score (nSPS) is 16.6. The minimum Gasteiger partial charge on any atom is -0.447 e. The number of fused-ring (bicyclic) bond motifs is 1. The fourth-order valence-corrected chi connectivity index (χ4v) is 5.51. The molecule has 0 bridgehead atoms. The predicted molar refractivity (Wildman–Crippen MR) is 121 cm³/mol. The first-order chi connectivity index (χ1) is 14.6. The molecule has 1 aliphatic heterocycles. The van der Waals surface area contributed by atoms with E-state index in [1.54, 1.807) is 12.1 Å². The zero-order valence-electron chi connectivity index (χ0n) is 18.8. The number of sulfone groups is 1. The van der Waals surface area contributed by atoms with E-state index in [0.29, 0.717) is 23.6 Å². The maximum Gasteiger partial charge on any atom is 0.407 e. The Morgan fingerprint density at radius 3 is 2.71 bits per heavy atom. The maximum atomic E-state index is 12.0. The molecule has 2 aromatic rings. The summed E-state index contributed by atoms with van der Waals surface area (Å²) in [6.45, 7) is 9.77. The third kappa shape index (κ3) is 5.39. The second-order valence-electron chi connectivity index (χ2n) is 8.48. The van der Waals surface area contributed by atoms with Crippen LogP contribution in [0.5, 0.6) is 0 Å². The molecule has 0 saturated carbocycles. The van der Waals surface area contributed by atoms with Crippen molar-refractivity contribution in [2.24, 2.45) is 0 Å². The number of nitrogens with zero attached hydrogens (tertiary/aromatic N) is 1. The molecule has 0 fully saturated rings. The van der Waals surface area contributed by atoms with Crippen LogP contribution in [0.2, 0.25) is 0 Å². The van der Waals surface area contributed by atoms with Gasteiger partial charge in [-0.25, -0.2) is 13.2 Å². The maximum absolute atomic E-state index is 12.0. The first-order valence-corrected chi connectivity index (χ1v) is 12.4. The van der Waals surface area contributed by atoms with Crippen LogP contribution in [0.1, 0.15) is 63.3 Å². The number of benzene rings is 1. The average Bonchev–Trinajstić information content (AvgIpc) is 3.18. The van der Waals surface area contributed by atoms with Crippen LogP contribution in [-0.4, -0.2) is 42.6 Å². The number of hydrogen-bond donors (Lipinski definition) is 3. The molecule has 2 heterocycles. The molecule has 2 atom stereocenters. The molecule has 0 unspecified atom stereocenters. The third-order valence-corrected chi connectivity index (χ3v) is 7.39. The Kier molecular flexibility index (Phi) is 6.93. The molecule has 1 amide bonds. The summed E-state index contributed by atoms with van der Waals surface area (Å²) in [5.74, 6) is 1.04. The molecule has 1 aromatic carbocycles. The molecule has 0 aliphatic carbocycles. The molecule has 8 nitrogen and oxygen atoms in total. The van der Waals surface area contributed by atoms with Crippen molar-refractivity contribution in [2.45, 2.75) is 76.8 Å². The fourth-order valence-electron chi connectivity index (χ4n) is 3.97. The van der Waals surface area contributed by atoms with Gasteiger partial charge in [-0.15, -0.1) is 0 Å². The topological polar surface area (TPSA) is 113 Å². The number of H-pyrrole nitrogens is 1. The summed E-state index contributed by atoms with van der Waals surface area (Å²) < 4.78 is 29.5. The zero-order valence-corrected chi connectivity index (χ0v) is 19.6. The van der Waals surface area contributed by atoms with Gasteiger partial charge in [-0.05, 0) is 70.7 Å². The molecule has 3 rings (SSSR count). The molecule has 0 spiro atoms. The summed E-state index contributed by atoms with van der Waals surface area (Å²) in [6.07, 6.45) is 1.46. The van der Waals surface area contributed by atoms with Gasteiger partial charge < -0.3 is 15.4 Å². The van der Waals surface area contributed by atoms with Gasteiger partial charge in [-0.2, -0.15) is 5.10 Å². The summed E-state index contributed by atoms with van der Waals surface area (Å²) in [6, 6.07) is 5.35. The van der Waals surface area contributed by atoms with E-state index in [-0.39, 0.29) is 23.8 Å². The highest BCUT2D eigenvalue weighted by molar-refractivity contribution is 7.91. The van der Waals surface area contributed by atoms with Crippen molar-refractivity contribution in [3.8, 4) is 0 Å². The number of carbonyl (C=O) groups excluding carboxylic acids is 1. The van der Waals surface area contributed by atoms with Gasteiger partial charge in [-0.1, -0.05) is 6.92 Å². The van der Waals surface area contributed by atoms with E-state index in [1.165, 1.54) is 0 Å². The first kappa shape index (κ1) is 23.1. The molecular formula is C22H32N4O4S. The van der Waals surface area contributed by atoms with E-state index in [9.17, 15) is 13.2 Å². The lowest BCUT2D eigenvalue weighted by molar-refractivity contribution is 0.0955. The number of carbonyl (C=O) groups is 1. The smallest absolute Gasteiger partial charge is 0.407 e. The SMILES string of the molecule is CC[C@H](C[C@H](C)OC(=O)NC(C)C)c1[nH]nc(Nc2ccc3c(c2)CCS3(=O)=O)c1C. The lowest BCUT2D eigenvalue weighted by Crippen LogP contribution is -2.33. The summed E-state index contributed by atoms with van der Waals surface area (Å²) >= 11 is 0. The number of anilines is 2. The second-order valence-corrected chi connectivity index (χ2v) is 10.6. The molecule has 9 heteroatoms. The number of aromatic amines is 1.